The summed E-state index contributed by atoms with van der Waals surface area (Å²) in [5.74, 6) is 0.0419. The van der Waals surface area contributed by atoms with E-state index in [1.165, 1.54) is 0 Å². The van der Waals surface area contributed by atoms with Crippen molar-refractivity contribution in [1.29, 1.82) is 0 Å². The first-order valence-electron chi connectivity index (χ1n) is 10.9. The Labute approximate surface area is 188 Å². The van der Waals surface area contributed by atoms with Gasteiger partial charge in [0.25, 0.3) is 5.91 Å². The third kappa shape index (κ3) is 4.75. The molecule has 3 aromatic carbocycles. The van der Waals surface area contributed by atoms with Crippen LogP contribution in [0.3, 0.4) is 0 Å². The van der Waals surface area contributed by atoms with Gasteiger partial charge in [-0.15, -0.1) is 0 Å². The maximum Gasteiger partial charge on any atom is 0.254 e. The maximum absolute atomic E-state index is 13.1. The Morgan fingerprint density at radius 3 is 2.39 bits per heavy atom. The molecule has 31 heavy (non-hydrogen) atoms. The molecule has 5 heteroatoms. The minimum atomic E-state index is -0.0714. The van der Waals surface area contributed by atoms with E-state index in [9.17, 15) is 9.59 Å². The van der Waals surface area contributed by atoms with Gasteiger partial charge in [-0.1, -0.05) is 67.1 Å². The van der Waals surface area contributed by atoms with Gasteiger partial charge in [0.05, 0.1) is 6.04 Å². The summed E-state index contributed by atoms with van der Waals surface area (Å²) in [7, 11) is 0. The molecule has 1 aliphatic rings. The summed E-state index contributed by atoms with van der Waals surface area (Å²) < 4.78 is 0. The largest absolute Gasteiger partial charge is 0.349 e. The van der Waals surface area contributed by atoms with E-state index >= 15 is 0 Å². The second-order valence-corrected chi connectivity index (χ2v) is 8.55. The Morgan fingerprint density at radius 1 is 1.00 bits per heavy atom. The van der Waals surface area contributed by atoms with Gasteiger partial charge in [-0.2, -0.15) is 0 Å². The van der Waals surface area contributed by atoms with Crippen molar-refractivity contribution in [1.82, 2.24) is 10.2 Å². The van der Waals surface area contributed by atoms with Gasteiger partial charge in [-0.3, -0.25) is 9.59 Å². The number of carbonyl (C=O) groups excluding carboxylic acids is 2. The normalized spacial score (nSPS) is 15.6. The number of fused-ring (bicyclic) bond motifs is 1. The first-order chi connectivity index (χ1) is 15.1. The van der Waals surface area contributed by atoms with E-state index in [0.717, 1.165) is 28.3 Å². The van der Waals surface area contributed by atoms with Crippen LogP contribution in [0.5, 0.6) is 0 Å². The van der Waals surface area contributed by atoms with Crippen molar-refractivity contribution in [2.75, 3.05) is 13.1 Å². The highest BCUT2D eigenvalue weighted by molar-refractivity contribution is 6.30. The number of piperidine rings is 1. The molecule has 4 rings (SSSR count). The molecule has 0 saturated carbocycles. The third-order valence-corrected chi connectivity index (χ3v) is 6.42. The molecule has 160 valence electrons. The third-order valence-electron chi connectivity index (χ3n) is 6.17. The Morgan fingerprint density at radius 2 is 1.68 bits per heavy atom. The molecule has 1 N–H and O–H groups in total. The highest BCUT2D eigenvalue weighted by Crippen LogP contribution is 2.25. The summed E-state index contributed by atoms with van der Waals surface area (Å²) in [6.07, 6.45) is 2.17. The molecule has 0 aromatic heterocycles. The number of amides is 2. The lowest BCUT2D eigenvalue weighted by Gasteiger charge is -2.32. The zero-order chi connectivity index (χ0) is 21.8. The number of benzene rings is 3. The SMILES string of the molecule is CCC(NC(=O)C1CCN(C(=O)c2cccc3ccccc23)CC1)c1ccc(Cl)cc1. The van der Waals surface area contributed by atoms with Gasteiger partial charge < -0.3 is 10.2 Å². The molecule has 0 radical (unpaired) electrons. The Balaban J connectivity index is 1.38. The summed E-state index contributed by atoms with van der Waals surface area (Å²) in [4.78, 5) is 27.9. The average molecular weight is 435 g/mol. The van der Waals surface area contributed by atoms with Gasteiger partial charge in [0.1, 0.15) is 0 Å². The molecular formula is C26H27ClN2O2. The monoisotopic (exact) mass is 434 g/mol. The number of nitrogens with zero attached hydrogens (tertiary/aromatic N) is 1. The number of carbonyl (C=O) groups is 2. The van der Waals surface area contributed by atoms with Crippen LogP contribution in [-0.4, -0.2) is 29.8 Å². The zero-order valence-electron chi connectivity index (χ0n) is 17.7. The van der Waals surface area contributed by atoms with Crippen molar-refractivity contribution >= 4 is 34.2 Å². The fourth-order valence-electron chi connectivity index (χ4n) is 4.33. The van der Waals surface area contributed by atoms with Crippen molar-refractivity contribution in [3.63, 3.8) is 0 Å². The summed E-state index contributed by atoms with van der Waals surface area (Å²) >= 11 is 5.98. The minimum Gasteiger partial charge on any atom is -0.349 e. The average Bonchev–Trinajstić information content (AvgIpc) is 2.82. The van der Waals surface area contributed by atoms with Gasteiger partial charge in [-0.25, -0.2) is 0 Å². The van der Waals surface area contributed by atoms with Crippen LogP contribution < -0.4 is 5.32 Å². The number of likely N-dealkylation sites (tertiary alicyclic amines) is 1. The standard InChI is InChI=1S/C26H27ClN2O2/c1-2-24(19-10-12-21(27)13-11-19)28-25(30)20-14-16-29(17-15-20)26(31)23-9-5-7-18-6-3-4-8-22(18)23/h3-13,20,24H,2,14-17H2,1H3,(H,28,30). The molecule has 0 bridgehead atoms. The summed E-state index contributed by atoms with van der Waals surface area (Å²) in [5.41, 5.74) is 1.79. The highest BCUT2D eigenvalue weighted by atomic mass is 35.5. The highest BCUT2D eigenvalue weighted by Gasteiger charge is 2.29. The molecule has 1 heterocycles. The van der Waals surface area contributed by atoms with Crippen LogP contribution in [0.1, 0.15) is 48.1 Å². The quantitative estimate of drug-likeness (QED) is 0.567. The molecular weight excluding hydrogens is 408 g/mol. The van der Waals surface area contributed by atoms with Crippen LogP contribution in [0.25, 0.3) is 10.8 Å². The molecule has 1 fully saturated rings. The predicted molar refractivity (Wildman–Crippen MR) is 125 cm³/mol. The van der Waals surface area contributed by atoms with E-state index < -0.39 is 0 Å². The van der Waals surface area contributed by atoms with Gasteiger partial charge in [0, 0.05) is 29.6 Å². The number of nitrogens with one attached hydrogen (secondary N) is 1. The summed E-state index contributed by atoms with van der Waals surface area (Å²) in [6.45, 7) is 3.25. The van der Waals surface area contributed by atoms with Gasteiger partial charge in [-0.05, 0) is 53.8 Å². The summed E-state index contributed by atoms with van der Waals surface area (Å²) in [5, 5.41) is 5.92. The van der Waals surface area contributed by atoms with E-state index in [0.29, 0.717) is 31.0 Å². The van der Waals surface area contributed by atoms with Crippen molar-refractivity contribution in [2.45, 2.75) is 32.2 Å². The molecule has 0 spiro atoms. The molecule has 1 saturated heterocycles. The van der Waals surface area contributed by atoms with Crippen LogP contribution >= 0.6 is 11.6 Å². The first-order valence-corrected chi connectivity index (χ1v) is 11.3. The van der Waals surface area contributed by atoms with E-state index in [1.54, 1.807) is 0 Å². The van der Waals surface area contributed by atoms with E-state index in [-0.39, 0.29) is 23.8 Å². The van der Waals surface area contributed by atoms with Crippen LogP contribution in [0.4, 0.5) is 0 Å². The Bertz CT molecular complexity index is 1070. The lowest BCUT2D eigenvalue weighted by Crippen LogP contribution is -2.43. The first kappa shape index (κ1) is 21.4. The molecule has 3 aromatic rings. The summed E-state index contributed by atoms with van der Waals surface area (Å²) in [6, 6.07) is 21.4. The Kier molecular flexibility index (Phi) is 6.57. The smallest absolute Gasteiger partial charge is 0.254 e. The van der Waals surface area contributed by atoms with E-state index in [2.05, 4.69) is 12.2 Å². The van der Waals surface area contributed by atoms with Crippen molar-refractivity contribution in [3.8, 4) is 0 Å². The van der Waals surface area contributed by atoms with Crippen LogP contribution in [0.15, 0.2) is 66.7 Å². The van der Waals surface area contributed by atoms with Crippen molar-refractivity contribution in [2.24, 2.45) is 5.92 Å². The predicted octanol–water partition coefficient (Wildman–Crippen LogP) is 5.61. The van der Waals surface area contributed by atoms with E-state index in [1.807, 2.05) is 71.6 Å². The molecule has 1 atom stereocenters. The number of hydrogen-bond acceptors (Lipinski definition) is 2. The van der Waals surface area contributed by atoms with Crippen LogP contribution in [-0.2, 0) is 4.79 Å². The lowest BCUT2D eigenvalue weighted by atomic mass is 9.93. The fourth-order valence-corrected chi connectivity index (χ4v) is 4.46. The molecule has 1 unspecified atom stereocenters. The lowest BCUT2D eigenvalue weighted by molar-refractivity contribution is -0.127. The van der Waals surface area contributed by atoms with Gasteiger partial charge in [0.15, 0.2) is 0 Å². The van der Waals surface area contributed by atoms with Gasteiger partial charge in [0.2, 0.25) is 5.91 Å². The maximum atomic E-state index is 13.1. The van der Waals surface area contributed by atoms with Gasteiger partial charge >= 0.3 is 0 Å². The fraction of sp³-hybridized carbons (Fsp3) is 0.308. The second-order valence-electron chi connectivity index (χ2n) is 8.11. The number of rotatable bonds is 5. The van der Waals surface area contributed by atoms with Crippen LogP contribution in [0.2, 0.25) is 5.02 Å². The second kappa shape index (κ2) is 9.52. The zero-order valence-corrected chi connectivity index (χ0v) is 18.4. The van der Waals surface area contributed by atoms with E-state index in [4.69, 9.17) is 11.6 Å². The van der Waals surface area contributed by atoms with Crippen molar-refractivity contribution in [3.05, 3.63) is 82.9 Å². The number of halogens is 1. The molecule has 4 nitrogen and oxygen atoms in total. The van der Waals surface area contributed by atoms with Crippen molar-refractivity contribution < 1.29 is 9.59 Å². The minimum absolute atomic E-state index is 0.0277. The van der Waals surface area contributed by atoms with Crippen LogP contribution in [0, 0.1) is 5.92 Å². The topological polar surface area (TPSA) is 49.4 Å². The molecule has 1 aliphatic heterocycles. The molecule has 2 amide bonds. The number of hydrogen-bond donors (Lipinski definition) is 1. The Hall–Kier alpha value is -2.85. The molecule has 0 aliphatic carbocycles.